The summed E-state index contributed by atoms with van der Waals surface area (Å²) in [6.45, 7) is 0. The lowest BCUT2D eigenvalue weighted by atomic mass is 10.1. The molecule has 0 amide bonds. The average molecular weight is 436 g/mol. The first-order chi connectivity index (χ1) is 15.4. The molecule has 4 aromatic heterocycles. The Balaban J connectivity index is 0.000000136. The van der Waals surface area contributed by atoms with E-state index in [0.29, 0.717) is 11.6 Å². The fraction of sp³-hybridized carbons (Fsp3) is 0. The van der Waals surface area contributed by atoms with E-state index in [9.17, 15) is 19.8 Å². The maximum Gasteiger partial charge on any atom is 0.290 e. The molecule has 32 heavy (non-hydrogen) atoms. The molecule has 0 atom stereocenters. The lowest BCUT2D eigenvalue weighted by Crippen LogP contribution is -2.29. The van der Waals surface area contributed by atoms with Crippen LogP contribution in [0.25, 0.3) is 22.3 Å². The van der Waals surface area contributed by atoms with Gasteiger partial charge >= 0.3 is 0 Å². The van der Waals surface area contributed by atoms with Crippen molar-refractivity contribution in [2.45, 2.75) is 0 Å². The Morgan fingerprint density at radius 3 is 1.50 bits per heavy atom. The van der Waals surface area contributed by atoms with Crippen molar-refractivity contribution in [3.05, 3.63) is 60.7 Å². The van der Waals surface area contributed by atoms with Crippen molar-refractivity contribution in [2.24, 2.45) is 0 Å². The first-order valence-corrected chi connectivity index (χ1v) is 8.80. The van der Waals surface area contributed by atoms with Crippen LogP contribution in [0.15, 0.2) is 49.6 Å². The zero-order valence-corrected chi connectivity index (χ0v) is 16.2. The second kappa shape index (κ2) is 9.57. The van der Waals surface area contributed by atoms with Gasteiger partial charge in [-0.3, -0.25) is 0 Å². The minimum absolute atomic E-state index is 0.363. The molecule has 0 aliphatic heterocycles. The zero-order chi connectivity index (χ0) is 23.1. The number of nitrogens with one attached hydrogen (secondary N) is 4. The molecule has 14 nitrogen and oxygen atoms in total. The number of benzene rings is 1. The number of nitrogen functional groups attached to an aromatic ring is 2. The van der Waals surface area contributed by atoms with E-state index in [4.69, 9.17) is 11.5 Å². The quantitative estimate of drug-likeness (QED) is 0.220. The molecule has 5 rings (SSSR count). The second-order valence-corrected chi connectivity index (χ2v) is 5.95. The van der Waals surface area contributed by atoms with Crippen molar-refractivity contribution in [1.29, 1.82) is 0 Å². The van der Waals surface area contributed by atoms with E-state index >= 15 is 0 Å². The van der Waals surface area contributed by atoms with Gasteiger partial charge < -0.3 is 41.2 Å². The van der Waals surface area contributed by atoms with Crippen LogP contribution in [0.2, 0.25) is 0 Å². The van der Waals surface area contributed by atoms with Gasteiger partial charge in [-0.05, 0) is 0 Å². The van der Waals surface area contributed by atoms with Gasteiger partial charge in [0.2, 0.25) is 24.3 Å². The molecule has 0 bridgehead atoms. The molecule has 0 unspecified atom stereocenters. The summed E-state index contributed by atoms with van der Waals surface area (Å²) in [5.74, 6) is -2.11. The third-order valence-electron chi connectivity index (χ3n) is 3.97. The highest BCUT2D eigenvalue weighted by Crippen LogP contribution is 2.07. The van der Waals surface area contributed by atoms with Crippen molar-refractivity contribution in [1.82, 2.24) is 29.9 Å². The van der Waals surface area contributed by atoms with Crippen LogP contribution in [0.4, 0.5) is 11.6 Å². The van der Waals surface area contributed by atoms with Gasteiger partial charge in [-0.2, -0.15) is 0 Å². The Hall–Kier alpha value is -5.14. The summed E-state index contributed by atoms with van der Waals surface area (Å²) in [6, 6.07) is 5.14. The van der Waals surface area contributed by atoms with E-state index in [1.54, 1.807) is 12.7 Å². The molecule has 0 spiro atoms. The summed E-state index contributed by atoms with van der Waals surface area (Å²) in [6.07, 6.45) is 6.16. The SMILES string of the molecule is Nc1nc[nH+]c2nc[nH]c12.Nc1nc[nH+]c2nc[nH]c12.O=C([O-])c1ccccc1C(=O)[O-]. The Labute approximate surface area is 178 Å². The van der Waals surface area contributed by atoms with Gasteiger partial charge in [0.25, 0.3) is 11.3 Å². The molecule has 4 heterocycles. The molecule has 8 N–H and O–H groups in total. The lowest BCUT2D eigenvalue weighted by Gasteiger charge is -2.09. The average Bonchev–Trinajstić information content (AvgIpc) is 3.45. The normalized spacial score (nSPS) is 10.0. The molecule has 0 saturated carbocycles. The molecular formula is C18H16N10O4. The molecule has 162 valence electrons. The first kappa shape index (κ1) is 21.6. The topological polar surface area (TPSA) is 244 Å². The maximum atomic E-state index is 10.3. The molecule has 0 fully saturated rings. The Morgan fingerprint density at radius 2 is 1.16 bits per heavy atom. The van der Waals surface area contributed by atoms with Crippen molar-refractivity contribution < 1.29 is 29.8 Å². The number of carboxylic acid groups (broad SMARTS) is 2. The minimum Gasteiger partial charge on any atom is -0.545 e. The fourth-order valence-corrected chi connectivity index (χ4v) is 2.49. The summed E-state index contributed by atoms with van der Waals surface area (Å²) in [5, 5.41) is 20.6. The Kier molecular flexibility index (Phi) is 6.45. The molecule has 1 aromatic carbocycles. The monoisotopic (exact) mass is 436 g/mol. The Bertz CT molecular complexity index is 1280. The van der Waals surface area contributed by atoms with Gasteiger partial charge in [0.05, 0.1) is 11.9 Å². The standard InChI is InChI=1S/C8H6O4.2C5H5N5/c9-7(10)5-3-1-2-4-6(5)8(11)12;2*6-4-3-5(9-1-7-3)10-2-8-4/h1-4H,(H,9,10)(H,11,12);2*1-2H,(H3,6,7,8,9,10). The number of hydrogen-bond donors (Lipinski definition) is 4. The molecule has 5 aromatic rings. The van der Waals surface area contributed by atoms with Crippen molar-refractivity contribution in [2.75, 3.05) is 11.5 Å². The van der Waals surface area contributed by atoms with Crippen LogP contribution in [-0.2, 0) is 0 Å². The summed E-state index contributed by atoms with van der Waals surface area (Å²) in [7, 11) is 0. The van der Waals surface area contributed by atoms with Crippen LogP contribution >= 0.6 is 0 Å². The van der Waals surface area contributed by atoms with Crippen LogP contribution < -0.4 is 31.6 Å². The number of H-pyrrole nitrogens is 4. The van der Waals surface area contributed by atoms with Crippen LogP contribution in [-0.4, -0.2) is 41.8 Å². The van der Waals surface area contributed by atoms with Crippen molar-refractivity contribution in [3.63, 3.8) is 0 Å². The number of nitrogens with zero attached hydrogens (tertiary/aromatic N) is 4. The van der Waals surface area contributed by atoms with Crippen LogP contribution in [0.3, 0.4) is 0 Å². The first-order valence-electron chi connectivity index (χ1n) is 8.80. The van der Waals surface area contributed by atoms with Crippen LogP contribution in [0.5, 0.6) is 0 Å². The van der Waals surface area contributed by atoms with Gasteiger partial charge in [-0.1, -0.05) is 44.2 Å². The molecule has 0 aliphatic carbocycles. The largest absolute Gasteiger partial charge is 0.545 e. The van der Waals surface area contributed by atoms with Gasteiger partial charge in [0.15, 0.2) is 23.7 Å². The third-order valence-corrected chi connectivity index (χ3v) is 3.97. The minimum atomic E-state index is -1.52. The van der Waals surface area contributed by atoms with Gasteiger partial charge in [0.1, 0.15) is 0 Å². The fourth-order valence-electron chi connectivity index (χ4n) is 2.49. The van der Waals surface area contributed by atoms with Crippen LogP contribution in [0.1, 0.15) is 20.7 Å². The lowest BCUT2D eigenvalue weighted by molar-refractivity contribution is -0.352. The molecule has 0 aliphatic rings. The predicted octanol–water partition coefficient (Wildman–Crippen LogP) is -2.88. The summed E-state index contributed by atoms with van der Waals surface area (Å²) in [5.41, 5.74) is 13.2. The highest BCUT2D eigenvalue weighted by Gasteiger charge is 2.07. The smallest absolute Gasteiger partial charge is 0.290 e. The summed E-state index contributed by atoms with van der Waals surface area (Å²) < 4.78 is 0. The van der Waals surface area contributed by atoms with E-state index in [2.05, 4.69) is 39.9 Å². The number of aromatic nitrogens is 8. The molecule has 0 radical (unpaired) electrons. The highest BCUT2D eigenvalue weighted by atomic mass is 16.4. The number of carboxylic acids is 2. The number of aromatic carboxylic acids is 2. The number of carbonyl (C=O) groups excluding carboxylic acids is 2. The van der Waals surface area contributed by atoms with Crippen molar-refractivity contribution in [3.8, 4) is 0 Å². The number of fused-ring (bicyclic) bond motifs is 2. The van der Waals surface area contributed by atoms with Crippen molar-refractivity contribution >= 4 is 45.9 Å². The maximum absolute atomic E-state index is 10.3. The molecule has 0 saturated heterocycles. The second-order valence-electron chi connectivity index (χ2n) is 5.95. The number of hydrogen-bond acceptors (Lipinski definition) is 10. The number of anilines is 2. The number of aromatic amines is 4. The van der Waals surface area contributed by atoms with Gasteiger partial charge in [-0.15, -0.1) is 0 Å². The van der Waals surface area contributed by atoms with Crippen LogP contribution in [0, 0.1) is 0 Å². The highest BCUT2D eigenvalue weighted by molar-refractivity contribution is 5.99. The molecular weight excluding hydrogens is 420 g/mol. The molecule has 14 heteroatoms. The van der Waals surface area contributed by atoms with Gasteiger partial charge in [-0.25, -0.2) is 9.97 Å². The number of nitrogens with two attached hydrogens (primary N) is 2. The predicted molar refractivity (Wildman–Crippen MR) is 105 cm³/mol. The summed E-state index contributed by atoms with van der Waals surface area (Å²) in [4.78, 5) is 47.6. The van der Waals surface area contributed by atoms with E-state index in [-0.39, 0.29) is 11.1 Å². The van der Waals surface area contributed by atoms with E-state index in [1.165, 1.54) is 24.8 Å². The van der Waals surface area contributed by atoms with E-state index < -0.39 is 11.9 Å². The number of rotatable bonds is 2. The third kappa shape index (κ3) is 4.88. The Morgan fingerprint density at radius 1 is 0.750 bits per heavy atom. The zero-order valence-electron chi connectivity index (χ0n) is 16.2. The van der Waals surface area contributed by atoms with E-state index in [0.717, 1.165) is 34.5 Å². The van der Waals surface area contributed by atoms with E-state index in [1.807, 2.05) is 0 Å². The number of carbonyl (C=O) groups is 2. The number of imidazole rings is 2. The van der Waals surface area contributed by atoms with Gasteiger partial charge in [0, 0.05) is 11.1 Å². The summed E-state index contributed by atoms with van der Waals surface area (Å²) >= 11 is 0.